The molecule has 1 heterocycles. The number of carbonyl (C=O) groups is 1. The molecule has 0 aliphatic heterocycles. The average molecular weight is 283 g/mol. The molecule has 0 saturated heterocycles. The highest BCUT2D eigenvalue weighted by Crippen LogP contribution is 2.17. The number of amides is 1. The molecular weight excluding hydrogens is 271 g/mol. The van der Waals surface area contributed by atoms with Crippen molar-refractivity contribution >= 4 is 17.5 Å². The summed E-state index contributed by atoms with van der Waals surface area (Å²) in [7, 11) is 1.62. The molecule has 7 heteroatoms. The fourth-order valence-electron chi connectivity index (χ4n) is 1.59. The maximum Gasteiger partial charge on any atom is 0.254 e. The number of aryl methyl sites for hydroxylation is 1. The highest BCUT2D eigenvalue weighted by atomic mass is 35.5. The van der Waals surface area contributed by atoms with E-state index in [2.05, 4.69) is 15.2 Å². The van der Waals surface area contributed by atoms with Crippen LogP contribution < -0.4 is 0 Å². The van der Waals surface area contributed by atoms with Crippen LogP contribution >= 0.6 is 11.6 Å². The Kier molecular flexibility index (Phi) is 3.80. The number of nitrogens with one attached hydrogen (secondary N) is 1. The van der Waals surface area contributed by atoms with E-state index in [1.807, 2.05) is 0 Å². The van der Waals surface area contributed by atoms with Crippen molar-refractivity contribution in [2.24, 2.45) is 0 Å². The number of carbonyl (C=O) groups excluding carboxylic acids is 1. The lowest BCUT2D eigenvalue weighted by molar-refractivity contribution is 0.0781. The fourth-order valence-corrected chi connectivity index (χ4v) is 1.77. The Morgan fingerprint density at radius 1 is 1.53 bits per heavy atom. The second kappa shape index (κ2) is 5.36. The number of halogens is 2. The molecule has 0 bridgehead atoms. The standard InChI is InChI=1S/C12H12ClFN4O/c1-7-15-11(17-16-7)6-18(2)12(19)8-3-4-10(14)9(13)5-8/h3-5H,6H2,1-2H3,(H,15,16,17). The van der Waals surface area contributed by atoms with Gasteiger partial charge in [-0.05, 0) is 25.1 Å². The molecule has 0 aliphatic carbocycles. The zero-order chi connectivity index (χ0) is 14.0. The van der Waals surface area contributed by atoms with Crippen molar-refractivity contribution in [2.75, 3.05) is 7.05 Å². The zero-order valence-electron chi connectivity index (χ0n) is 10.4. The molecular formula is C12H12ClFN4O. The molecule has 100 valence electrons. The van der Waals surface area contributed by atoms with Crippen LogP contribution in [0.2, 0.25) is 5.02 Å². The first kappa shape index (κ1) is 13.5. The van der Waals surface area contributed by atoms with Gasteiger partial charge in [-0.3, -0.25) is 9.89 Å². The monoisotopic (exact) mass is 282 g/mol. The Hall–Kier alpha value is -1.95. The van der Waals surface area contributed by atoms with E-state index in [0.717, 1.165) is 0 Å². The van der Waals surface area contributed by atoms with E-state index in [9.17, 15) is 9.18 Å². The minimum absolute atomic E-state index is 0.0759. The van der Waals surface area contributed by atoms with E-state index in [-0.39, 0.29) is 17.5 Å². The van der Waals surface area contributed by atoms with E-state index < -0.39 is 5.82 Å². The smallest absolute Gasteiger partial charge is 0.254 e. The van der Waals surface area contributed by atoms with Gasteiger partial charge in [0, 0.05) is 12.6 Å². The number of hydrogen-bond acceptors (Lipinski definition) is 3. The Morgan fingerprint density at radius 3 is 2.84 bits per heavy atom. The highest BCUT2D eigenvalue weighted by Gasteiger charge is 2.15. The third-order valence-corrected chi connectivity index (χ3v) is 2.83. The molecule has 0 saturated carbocycles. The van der Waals surface area contributed by atoms with E-state index in [4.69, 9.17) is 11.6 Å². The van der Waals surface area contributed by atoms with Crippen LogP contribution in [0.25, 0.3) is 0 Å². The second-order valence-electron chi connectivity index (χ2n) is 4.13. The summed E-state index contributed by atoms with van der Waals surface area (Å²) in [6, 6.07) is 3.86. The van der Waals surface area contributed by atoms with E-state index in [0.29, 0.717) is 17.2 Å². The van der Waals surface area contributed by atoms with Crippen molar-refractivity contribution in [1.82, 2.24) is 20.1 Å². The molecule has 0 fully saturated rings. The summed E-state index contributed by atoms with van der Waals surface area (Å²) in [5, 5.41) is 6.57. The number of H-pyrrole nitrogens is 1. The first-order valence-electron chi connectivity index (χ1n) is 5.56. The Bertz CT molecular complexity index is 614. The lowest BCUT2D eigenvalue weighted by Crippen LogP contribution is -2.26. The number of rotatable bonds is 3. The molecule has 0 radical (unpaired) electrons. The predicted octanol–water partition coefficient (Wildman–Crippen LogP) is 2.18. The number of benzene rings is 1. The zero-order valence-corrected chi connectivity index (χ0v) is 11.2. The molecule has 1 aromatic carbocycles. The van der Waals surface area contributed by atoms with Gasteiger partial charge in [-0.1, -0.05) is 11.6 Å². The van der Waals surface area contributed by atoms with E-state index in [1.54, 1.807) is 14.0 Å². The predicted molar refractivity (Wildman–Crippen MR) is 68.3 cm³/mol. The largest absolute Gasteiger partial charge is 0.334 e. The van der Waals surface area contributed by atoms with Crippen molar-refractivity contribution in [3.8, 4) is 0 Å². The molecule has 0 atom stereocenters. The van der Waals surface area contributed by atoms with Crippen molar-refractivity contribution < 1.29 is 9.18 Å². The maximum absolute atomic E-state index is 13.0. The van der Waals surface area contributed by atoms with Gasteiger partial charge in [-0.2, -0.15) is 5.10 Å². The van der Waals surface area contributed by atoms with Crippen LogP contribution in [0.5, 0.6) is 0 Å². The molecule has 1 amide bonds. The van der Waals surface area contributed by atoms with Crippen LogP contribution in [0.15, 0.2) is 18.2 Å². The lowest BCUT2D eigenvalue weighted by Gasteiger charge is -2.15. The minimum Gasteiger partial charge on any atom is -0.334 e. The fraction of sp³-hybridized carbons (Fsp3) is 0.250. The van der Waals surface area contributed by atoms with Gasteiger partial charge < -0.3 is 4.90 Å². The van der Waals surface area contributed by atoms with Gasteiger partial charge >= 0.3 is 0 Å². The number of aromatic nitrogens is 3. The first-order chi connectivity index (χ1) is 8.97. The third-order valence-electron chi connectivity index (χ3n) is 2.54. The topological polar surface area (TPSA) is 61.9 Å². The minimum atomic E-state index is -0.550. The molecule has 0 spiro atoms. The maximum atomic E-state index is 13.0. The summed E-state index contributed by atoms with van der Waals surface area (Å²) in [5.41, 5.74) is 0.321. The van der Waals surface area contributed by atoms with Crippen LogP contribution in [-0.4, -0.2) is 33.0 Å². The van der Waals surface area contributed by atoms with Crippen molar-refractivity contribution in [3.63, 3.8) is 0 Å². The van der Waals surface area contributed by atoms with Crippen molar-refractivity contribution in [2.45, 2.75) is 13.5 Å². The third kappa shape index (κ3) is 3.08. The van der Waals surface area contributed by atoms with Crippen LogP contribution in [0.1, 0.15) is 22.0 Å². The number of aromatic amines is 1. The Morgan fingerprint density at radius 2 is 2.26 bits per heavy atom. The normalized spacial score (nSPS) is 10.5. The second-order valence-corrected chi connectivity index (χ2v) is 4.53. The molecule has 2 rings (SSSR count). The van der Waals surface area contributed by atoms with Crippen LogP contribution in [-0.2, 0) is 6.54 Å². The molecule has 19 heavy (non-hydrogen) atoms. The van der Waals surface area contributed by atoms with Crippen molar-refractivity contribution in [1.29, 1.82) is 0 Å². The number of hydrogen-bond donors (Lipinski definition) is 1. The summed E-state index contributed by atoms with van der Waals surface area (Å²) in [4.78, 5) is 17.6. The summed E-state index contributed by atoms with van der Waals surface area (Å²) < 4.78 is 13.0. The summed E-state index contributed by atoms with van der Waals surface area (Å²) in [6.07, 6.45) is 0. The van der Waals surface area contributed by atoms with Gasteiger partial charge in [0.1, 0.15) is 11.6 Å². The Balaban J connectivity index is 2.12. The van der Waals surface area contributed by atoms with Crippen LogP contribution in [0, 0.1) is 12.7 Å². The molecule has 0 aliphatic rings. The molecule has 2 aromatic rings. The van der Waals surface area contributed by atoms with Gasteiger partial charge in [0.25, 0.3) is 5.91 Å². The Labute approximate surface area is 114 Å². The van der Waals surface area contributed by atoms with Gasteiger partial charge in [-0.15, -0.1) is 0 Å². The first-order valence-corrected chi connectivity index (χ1v) is 5.93. The molecule has 1 N–H and O–H groups in total. The quantitative estimate of drug-likeness (QED) is 0.938. The van der Waals surface area contributed by atoms with Gasteiger partial charge in [0.15, 0.2) is 5.82 Å². The lowest BCUT2D eigenvalue weighted by atomic mass is 10.2. The summed E-state index contributed by atoms with van der Waals surface area (Å²) in [6.45, 7) is 2.04. The van der Waals surface area contributed by atoms with Crippen molar-refractivity contribution in [3.05, 3.63) is 46.3 Å². The highest BCUT2D eigenvalue weighted by molar-refractivity contribution is 6.31. The van der Waals surface area contributed by atoms with Crippen LogP contribution in [0.4, 0.5) is 4.39 Å². The average Bonchev–Trinajstić information content (AvgIpc) is 2.77. The van der Waals surface area contributed by atoms with E-state index >= 15 is 0 Å². The summed E-state index contributed by atoms with van der Waals surface area (Å²) >= 11 is 5.65. The van der Waals surface area contributed by atoms with Gasteiger partial charge in [0.05, 0.1) is 11.6 Å². The van der Waals surface area contributed by atoms with E-state index in [1.165, 1.54) is 23.1 Å². The molecule has 0 unspecified atom stereocenters. The van der Waals surface area contributed by atoms with Gasteiger partial charge in [-0.25, -0.2) is 9.37 Å². The molecule has 1 aromatic heterocycles. The number of nitrogens with zero attached hydrogens (tertiary/aromatic N) is 3. The summed E-state index contributed by atoms with van der Waals surface area (Å²) in [5.74, 6) is 0.372. The molecule has 5 nitrogen and oxygen atoms in total. The van der Waals surface area contributed by atoms with Crippen LogP contribution in [0.3, 0.4) is 0 Å². The SMILES string of the molecule is Cc1nc(CN(C)C(=O)c2ccc(F)c(Cl)c2)n[nH]1. The van der Waals surface area contributed by atoms with Gasteiger partial charge in [0.2, 0.25) is 0 Å².